The lowest BCUT2D eigenvalue weighted by molar-refractivity contribution is -0.133. The van der Waals surface area contributed by atoms with E-state index in [0.29, 0.717) is 19.6 Å². The number of imidazole rings is 1. The highest BCUT2D eigenvalue weighted by Gasteiger charge is 2.31. The fourth-order valence-corrected chi connectivity index (χ4v) is 2.98. The summed E-state index contributed by atoms with van der Waals surface area (Å²) in [7, 11) is 5.47. The van der Waals surface area contributed by atoms with Crippen molar-refractivity contribution in [2.75, 3.05) is 34.3 Å². The molecular formula is C17H22N4O2. The Morgan fingerprint density at radius 2 is 2.13 bits per heavy atom. The minimum Gasteiger partial charge on any atom is -0.497 e. The van der Waals surface area contributed by atoms with Crippen LogP contribution in [0.4, 0.5) is 0 Å². The maximum Gasteiger partial charge on any atom is 0.237 e. The number of H-pyrrole nitrogens is 1. The van der Waals surface area contributed by atoms with E-state index in [1.165, 1.54) is 0 Å². The molecule has 1 aromatic carbocycles. The molecule has 122 valence electrons. The van der Waals surface area contributed by atoms with E-state index in [1.807, 2.05) is 48.2 Å². The number of carbonyl (C=O) groups excluding carboxylic acids is 1. The number of rotatable bonds is 4. The third-order valence-corrected chi connectivity index (χ3v) is 4.16. The molecular weight excluding hydrogens is 292 g/mol. The highest BCUT2D eigenvalue weighted by atomic mass is 16.5. The first-order chi connectivity index (χ1) is 11.1. The van der Waals surface area contributed by atoms with Gasteiger partial charge in [-0.2, -0.15) is 0 Å². The molecule has 3 rings (SSSR count). The number of hydrogen-bond acceptors (Lipinski definition) is 4. The van der Waals surface area contributed by atoms with Gasteiger partial charge >= 0.3 is 0 Å². The zero-order chi connectivity index (χ0) is 16.4. The quantitative estimate of drug-likeness (QED) is 0.928. The van der Waals surface area contributed by atoms with E-state index in [1.54, 1.807) is 13.4 Å². The van der Waals surface area contributed by atoms with Crippen LogP contribution in [-0.2, 0) is 11.3 Å². The minimum atomic E-state index is 0.0852. The van der Waals surface area contributed by atoms with Gasteiger partial charge in [0.2, 0.25) is 5.91 Å². The Balaban J connectivity index is 1.88. The molecule has 0 spiro atoms. The van der Waals surface area contributed by atoms with E-state index in [4.69, 9.17) is 4.74 Å². The first-order valence-electron chi connectivity index (χ1n) is 7.67. The van der Waals surface area contributed by atoms with Gasteiger partial charge in [0.25, 0.3) is 0 Å². The summed E-state index contributed by atoms with van der Waals surface area (Å²) in [5.74, 6) is 1.04. The van der Waals surface area contributed by atoms with Gasteiger partial charge in [0.15, 0.2) is 0 Å². The number of amides is 1. The number of aromatic nitrogens is 2. The lowest BCUT2D eigenvalue weighted by atomic mass is 9.91. The molecule has 6 heteroatoms. The van der Waals surface area contributed by atoms with Crippen molar-refractivity contribution in [3.63, 3.8) is 0 Å². The monoisotopic (exact) mass is 314 g/mol. The van der Waals surface area contributed by atoms with Crippen LogP contribution in [0.5, 0.6) is 5.75 Å². The van der Waals surface area contributed by atoms with Crippen LogP contribution in [0, 0.1) is 0 Å². The van der Waals surface area contributed by atoms with E-state index in [9.17, 15) is 4.79 Å². The summed E-state index contributed by atoms with van der Waals surface area (Å²) >= 11 is 0. The van der Waals surface area contributed by atoms with Gasteiger partial charge < -0.3 is 19.5 Å². The Morgan fingerprint density at radius 3 is 2.78 bits per heavy atom. The molecule has 1 aromatic heterocycles. The molecule has 1 aliphatic heterocycles. The average Bonchev–Trinajstić information content (AvgIpc) is 3.02. The van der Waals surface area contributed by atoms with Crippen molar-refractivity contribution < 1.29 is 9.53 Å². The fraction of sp³-hybridized carbons (Fsp3) is 0.412. The van der Waals surface area contributed by atoms with Gasteiger partial charge in [0.05, 0.1) is 37.9 Å². The smallest absolute Gasteiger partial charge is 0.237 e. The Bertz CT molecular complexity index is 678. The normalized spacial score (nSPS) is 17.2. The second-order valence-corrected chi connectivity index (χ2v) is 6.10. The molecule has 0 bridgehead atoms. The molecule has 23 heavy (non-hydrogen) atoms. The van der Waals surface area contributed by atoms with Crippen LogP contribution in [0.2, 0.25) is 0 Å². The second kappa shape index (κ2) is 6.42. The first kappa shape index (κ1) is 15.6. The highest BCUT2D eigenvalue weighted by molar-refractivity contribution is 5.78. The molecule has 1 unspecified atom stereocenters. The predicted octanol–water partition coefficient (Wildman–Crippen LogP) is 1.45. The van der Waals surface area contributed by atoms with Crippen molar-refractivity contribution in [3.8, 4) is 5.75 Å². The van der Waals surface area contributed by atoms with E-state index in [0.717, 1.165) is 22.7 Å². The first-order valence-corrected chi connectivity index (χ1v) is 7.67. The second-order valence-electron chi connectivity index (χ2n) is 6.10. The lowest BCUT2D eigenvalue weighted by Gasteiger charge is -2.33. The van der Waals surface area contributed by atoms with E-state index in [-0.39, 0.29) is 11.8 Å². The van der Waals surface area contributed by atoms with Gasteiger partial charge in [0, 0.05) is 12.5 Å². The standard InChI is InChI=1S/C17H22N4O2/c1-20(2)10-16(22)21-8-14(17-15(9-21)18-11-19-17)12-4-6-13(23-3)7-5-12/h4-7,11,14H,8-10H2,1-3H3,(H,18,19). The summed E-state index contributed by atoms with van der Waals surface area (Å²) in [4.78, 5) is 23.9. The average molecular weight is 314 g/mol. The van der Waals surface area contributed by atoms with Gasteiger partial charge in [-0.25, -0.2) is 4.98 Å². The molecule has 0 aliphatic carbocycles. The number of nitrogens with zero attached hydrogens (tertiary/aromatic N) is 3. The Kier molecular flexibility index (Phi) is 4.34. The minimum absolute atomic E-state index is 0.0852. The number of nitrogens with one attached hydrogen (secondary N) is 1. The van der Waals surface area contributed by atoms with Crippen molar-refractivity contribution >= 4 is 5.91 Å². The number of methoxy groups -OCH3 is 1. The van der Waals surface area contributed by atoms with Crippen LogP contribution in [0.1, 0.15) is 22.9 Å². The molecule has 2 heterocycles. The van der Waals surface area contributed by atoms with Gasteiger partial charge in [-0.15, -0.1) is 0 Å². The van der Waals surface area contributed by atoms with Gasteiger partial charge in [-0.3, -0.25) is 4.79 Å². The summed E-state index contributed by atoms with van der Waals surface area (Å²) in [6.45, 7) is 1.66. The van der Waals surface area contributed by atoms with Crippen molar-refractivity contribution in [1.29, 1.82) is 0 Å². The van der Waals surface area contributed by atoms with Crippen LogP contribution in [0.15, 0.2) is 30.6 Å². The van der Waals surface area contributed by atoms with Gasteiger partial charge in [-0.1, -0.05) is 12.1 Å². The molecule has 0 fully saturated rings. The van der Waals surface area contributed by atoms with Gasteiger partial charge in [0.1, 0.15) is 5.75 Å². The fourth-order valence-electron chi connectivity index (χ4n) is 2.98. The topological polar surface area (TPSA) is 61.5 Å². The summed E-state index contributed by atoms with van der Waals surface area (Å²) in [5, 5.41) is 0. The van der Waals surface area contributed by atoms with Crippen molar-refractivity contribution in [2.24, 2.45) is 0 Å². The van der Waals surface area contributed by atoms with Crippen LogP contribution in [-0.4, -0.2) is 60.0 Å². The molecule has 1 N–H and O–H groups in total. The molecule has 1 amide bonds. The zero-order valence-electron chi connectivity index (χ0n) is 13.7. The number of aromatic amines is 1. The summed E-state index contributed by atoms with van der Waals surface area (Å²) in [6.07, 6.45) is 1.71. The van der Waals surface area contributed by atoms with Crippen LogP contribution in [0.3, 0.4) is 0 Å². The molecule has 6 nitrogen and oxygen atoms in total. The van der Waals surface area contributed by atoms with Crippen LogP contribution in [0.25, 0.3) is 0 Å². The maximum absolute atomic E-state index is 12.4. The van der Waals surface area contributed by atoms with Crippen LogP contribution < -0.4 is 4.74 Å². The van der Waals surface area contributed by atoms with Crippen molar-refractivity contribution in [1.82, 2.24) is 19.8 Å². The van der Waals surface area contributed by atoms with Gasteiger partial charge in [-0.05, 0) is 31.8 Å². The third kappa shape index (κ3) is 3.22. The number of benzene rings is 1. The SMILES string of the molecule is COc1ccc(C2CN(C(=O)CN(C)C)Cc3[nH]cnc32)cc1. The molecule has 0 radical (unpaired) electrons. The van der Waals surface area contributed by atoms with Crippen molar-refractivity contribution in [3.05, 3.63) is 47.5 Å². The number of ether oxygens (including phenoxy) is 1. The number of carbonyl (C=O) groups is 1. The molecule has 0 saturated heterocycles. The summed E-state index contributed by atoms with van der Waals surface area (Å²) in [5.41, 5.74) is 3.19. The molecule has 1 atom stereocenters. The van der Waals surface area contributed by atoms with E-state index in [2.05, 4.69) is 9.97 Å². The van der Waals surface area contributed by atoms with E-state index < -0.39 is 0 Å². The molecule has 0 saturated carbocycles. The lowest BCUT2D eigenvalue weighted by Crippen LogP contribution is -2.42. The highest BCUT2D eigenvalue weighted by Crippen LogP contribution is 2.32. The zero-order valence-corrected chi connectivity index (χ0v) is 13.7. The molecule has 1 aliphatic rings. The van der Waals surface area contributed by atoms with E-state index >= 15 is 0 Å². The Hall–Kier alpha value is -2.34. The Morgan fingerprint density at radius 1 is 1.39 bits per heavy atom. The van der Waals surface area contributed by atoms with Crippen LogP contribution >= 0.6 is 0 Å². The summed E-state index contributed by atoms with van der Waals surface area (Å²) in [6, 6.07) is 7.98. The Labute approximate surface area is 136 Å². The molecule has 2 aromatic rings. The number of fused-ring (bicyclic) bond motifs is 1. The predicted molar refractivity (Wildman–Crippen MR) is 87.4 cm³/mol. The maximum atomic E-state index is 12.4. The number of hydrogen-bond donors (Lipinski definition) is 1. The third-order valence-electron chi connectivity index (χ3n) is 4.16. The number of likely N-dealkylation sites (N-methyl/N-ethyl adjacent to an activating group) is 1. The van der Waals surface area contributed by atoms with Crippen molar-refractivity contribution in [2.45, 2.75) is 12.5 Å². The largest absolute Gasteiger partial charge is 0.497 e. The summed E-state index contributed by atoms with van der Waals surface area (Å²) < 4.78 is 5.22.